The van der Waals surface area contributed by atoms with Crippen LogP contribution in [0, 0.1) is 12.7 Å². The molecule has 112 valence electrons. The first kappa shape index (κ1) is 16.6. The Morgan fingerprint density at radius 2 is 2.25 bits per heavy atom. The molecule has 0 fully saturated rings. The van der Waals surface area contributed by atoms with E-state index in [-0.39, 0.29) is 11.7 Å². The Bertz CT molecular complexity index is 438. The third-order valence-electron chi connectivity index (χ3n) is 3.20. The molecule has 20 heavy (non-hydrogen) atoms. The van der Waals surface area contributed by atoms with E-state index in [1.165, 1.54) is 12.1 Å². The van der Waals surface area contributed by atoms with Crippen molar-refractivity contribution in [2.75, 3.05) is 20.3 Å². The van der Waals surface area contributed by atoms with Crippen LogP contribution in [0.4, 0.5) is 4.39 Å². The van der Waals surface area contributed by atoms with Crippen molar-refractivity contribution in [1.82, 2.24) is 5.32 Å². The Hall–Kier alpha value is -1.46. The highest BCUT2D eigenvalue weighted by Crippen LogP contribution is 2.10. The van der Waals surface area contributed by atoms with Crippen molar-refractivity contribution in [2.45, 2.75) is 32.2 Å². The molecule has 1 atom stereocenters. The third kappa shape index (κ3) is 5.67. The SMILES string of the molecule is COCCCC(N)C(=O)NCCc1ccc(F)cc1C. The molecule has 1 amide bonds. The molecular formula is C15H23FN2O2. The van der Waals surface area contributed by atoms with E-state index < -0.39 is 6.04 Å². The zero-order valence-corrected chi connectivity index (χ0v) is 12.1. The lowest BCUT2D eigenvalue weighted by Crippen LogP contribution is -2.41. The van der Waals surface area contributed by atoms with Crippen LogP contribution in [0.1, 0.15) is 24.0 Å². The van der Waals surface area contributed by atoms with Gasteiger partial charge in [-0.05, 0) is 49.4 Å². The second-order valence-electron chi connectivity index (χ2n) is 4.85. The number of methoxy groups -OCH3 is 1. The maximum atomic E-state index is 13.0. The van der Waals surface area contributed by atoms with Gasteiger partial charge in [0.2, 0.25) is 5.91 Å². The second kappa shape index (κ2) is 8.66. The zero-order valence-electron chi connectivity index (χ0n) is 12.1. The highest BCUT2D eigenvalue weighted by molar-refractivity contribution is 5.81. The van der Waals surface area contributed by atoms with Gasteiger partial charge in [0.1, 0.15) is 5.82 Å². The lowest BCUT2D eigenvalue weighted by atomic mass is 10.1. The lowest BCUT2D eigenvalue weighted by molar-refractivity contribution is -0.122. The number of ether oxygens (including phenoxy) is 1. The van der Waals surface area contributed by atoms with Crippen LogP contribution in [-0.2, 0) is 16.0 Å². The molecule has 0 aliphatic carbocycles. The minimum Gasteiger partial charge on any atom is -0.385 e. The average Bonchev–Trinajstić information content (AvgIpc) is 2.41. The van der Waals surface area contributed by atoms with Gasteiger partial charge in [-0.25, -0.2) is 4.39 Å². The fraction of sp³-hybridized carbons (Fsp3) is 0.533. The molecule has 1 aromatic rings. The summed E-state index contributed by atoms with van der Waals surface area (Å²) in [5.41, 5.74) is 7.69. The molecule has 3 N–H and O–H groups in total. The Balaban J connectivity index is 2.30. The first-order chi connectivity index (χ1) is 9.54. The molecule has 0 saturated carbocycles. The number of benzene rings is 1. The van der Waals surface area contributed by atoms with E-state index in [1.54, 1.807) is 13.2 Å². The van der Waals surface area contributed by atoms with Gasteiger partial charge < -0.3 is 15.8 Å². The largest absolute Gasteiger partial charge is 0.385 e. The van der Waals surface area contributed by atoms with Gasteiger partial charge >= 0.3 is 0 Å². The monoisotopic (exact) mass is 282 g/mol. The van der Waals surface area contributed by atoms with Crippen LogP contribution in [0.15, 0.2) is 18.2 Å². The normalized spacial score (nSPS) is 12.2. The number of carbonyl (C=O) groups is 1. The highest BCUT2D eigenvalue weighted by Gasteiger charge is 2.12. The average molecular weight is 282 g/mol. The maximum Gasteiger partial charge on any atom is 0.236 e. The molecule has 4 nitrogen and oxygen atoms in total. The Kier molecular flexibility index (Phi) is 7.18. The summed E-state index contributed by atoms with van der Waals surface area (Å²) < 4.78 is 17.9. The summed E-state index contributed by atoms with van der Waals surface area (Å²) in [6.07, 6.45) is 2.04. The molecular weight excluding hydrogens is 259 g/mol. The van der Waals surface area contributed by atoms with Gasteiger partial charge in [0, 0.05) is 20.3 Å². The molecule has 0 heterocycles. The molecule has 0 radical (unpaired) electrons. The van der Waals surface area contributed by atoms with Crippen LogP contribution in [0.2, 0.25) is 0 Å². The predicted octanol–water partition coefficient (Wildman–Crippen LogP) is 1.55. The third-order valence-corrected chi connectivity index (χ3v) is 3.20. The van der Waals surface area contributed by atoms with Crippen LogP contribution >= 0.6 is 0 Å². The fourth-order valence-corrected chi connectivity index (χ4v) is 1.97. The van der Waals surface area contributed by atoms with Crippen LogP contribution < -0.4 is 11.1 Å². The zero-order chi connectivity index (χ0) is 15.0. The number of nitrogens with one attached hydrogen (secondary N) is 1. The van der Waals surface area contributed by atoms with Crippen molar-refractivity contribution < 1.29 is 13.9 Å². The van der Waals surface area contributed by atoms with E-state index in [1.807, 2.05) is 6.92 Å². The molecule has 0 bridgehead atoms. The number of hydrogen-bond donors (Lipinski definition) is 2. The Morgan fingerprint density at radius 3 is 2.90 bits per heavy atom. The number of rotatable bonds is 8. The first-order valence-electron chi connectivity index (χ1n) is 6.82. The van der Waals surface area contributed by atoms with Crippen molar-refractivity contribution in [1.29, 1.82) is 0 Å². The molecule has 5 heteroatoms. The quantitative estimate of drug-likeness (QED) is 0.711. The van der Waals surface area contributed by atoms with E-state index in [0.29, 0.717) is 26.0 Å². The molecule has 1 aromatic carbocycles. The predicted molar refractivity (Wildman–Crippen MR) is 76.9 cm³/mol. The van der Waals surface area contributed by atoms with Crippen LogP contribution in [0.3, 0.4) is 0 Å². The topological polar surface area (TPSA) is 64.3 Å². The summed E-state index contributed by atoms with van der Waals surface area (Å²) in [4.78, 5) is 11.7. The van der Waals surface area contributed by atoms with Gasteiger partial charge in [-0.2, -0.15) is 0 Å². The Morgan fingerprint density at radius 1 is 1.50 bits per heavy atom. The molecule has 1 rings (SSSR count). The minimum atomic E-state index is -0.500. The maximum absolute atomic E-state index is 13.0. The van der Waals surface area contributed by atoms with Crippen molar-refractivity contribution in [3.63, 3.8) is 0 Å². The lowest BCUT2D eigenvalue weighted by Gasteiger charge is -2.12. The van der Waals surface area contributed by atoms with Crippen molar-refractivity contribution in [3.05, 3.63) is 35.1 Å². The molecule has 1 unspecified atom stereocenters. The summed E-state index contributed by atoms with van der Waals surface area (Å²) >= 11 is 0. The smallest absolute Gasteiger partial charge is 0.236 e. The van der Waals surface area contributed by atoms with Crippen molar-refractivity contribution in [3.8, 4) is 0 Å². The number of hydrogen-bond acceptors (Lipinski definition) is 3. The van der Waals surface area contributed by atoms with Gasteiger partial charge in [-0.1, -0.05) is 6.07 Å². The molecule has 0 aliphatic heterocycles. The van der Waals surface area contributed by atoms with Gasteiger partial charge in [0.15, 0.2) is 0 Å². The van der Waals surface area contributed by atoms with Crippen LogP contribution in [0.25, 0.3) is 0 Å². The standard InChI is InChI=1S/C15H23FN2O2/c1-11-10-13(16)6-5-12(11)7-8-18-15(19)14(17)4-3-9-20-2/h5-6,10,14H,3-4,7-9,17H2,1-2H3,(H,18,19). The minimum absolute atomic E-state index is 0.152. The van der Waals surface area contributed by atoms with E-state index in [2.05, 4.69) is 5.32 Å². The second-order valence-corrected chi connectivity index (χ2v) is 4.85. The van der Waals surface area contributed by atoms with Gasteiger partial charge in [-0.15, -0.1) is 0 Å². The fourth-order valence-electron chi connectivity index (χ4n) is 1.97. The number of halogens is 1. The van der Waals surface area contributed by atoms with Gasteiger partial charge in [0.25, 0.3) is 0 Å². The van der Waals surface area contributed by atoms with E-state index in [0.717, 1.165) is 17.5 Å². The summed E-state index contributed by atoms with van der Waals surface area (Å²) in [5, 5.41) is 2.80. The summed E-state index contributed by atoms with van der Waals surface area (Å²) in [7, 11) is 1.62. The van der Waals surface area contributed by atoms with E-state index >= 15 is 0 Å². The number of nitrogens with two attached hydrogens (primary N) is 1. The van der Waals surface area contributed by atoms with E-state index in [9.17, 15) is 9.18 Å². The van der Waals surface area contributed by atoms with Crippen molar-refractivity contribution >= 4 is 5.91 Å². The molecule has 0 aliphatic rings. The molecule has 0 aromatic heterocycles. The summed E-state index contributed by atoms with van der Waals surface area (Å²) in [6, 6.07) is 4.17. The van der Waals surface area contributed by atoms with Crippen LogP contribution in [-0.4, -0.2) is 32.2 Å². The first-order valence-corrected chi connectivity index (χ1v) is 6.82. The number of carbonyl (C=O) groups excluding carboxylic acids is 1. The number of amides is 1. The van der Waals surface area contributed by atoms with E-state index in [4.69, 9.17) is 10.5 Å². The molecule has 0 saturated heterocycles. The summed E-state index contributed by atoms with van der Waals surface area (Å²) in [6.45, 7) is 2.97. The van der Waals surface area contributed by atoms with Crippen molar-refractivity contribution in [2.24, 2.45) is 5.73 Å². The van der Waals surface area contributed by atoms with Gasteiger partial charge in [-0.3, -0.25) is 4.79 Å². The van der Waals surface area contributed by atoms with Gasteiger partial charge in [0.05, 0.1) is 6.04 Å². The number of aryl methyl sites for hydroxylation is 1. The van der Waals surface area contributed by atoms with Crippen LogP contribution in [0.5, 0.6) is 0 Å². The molecule has 0 spiro atoms. The summed E-state index contributed by atoms with van der Waals surface area (Å²) in [5.74, 6) is -0.392. The highest BCUT2D eigenvalue weighted by atomic mass is 19.1. The Labute approximate surface area is 119 Å².